The molecule has 0 unspecified atom stereocenters. The Morgan fingerprint density at radius 1 is 0.307 bits per heavy atom. The average molecular weight is 2090 g/mol. The monoisotopic (exact) mass is 2090 g/mol. The maximum Gasteiger partial charge on any atom is 0.0798 e. The maximum absolute atomic E-state index is 4.92. The van der Waals surface area contributed by atoms with E-state index in [9.17, 15) is 0 Å². The van der Waals surface area contributed by atoms with Crippen molar-refractivity contribution >= 4 is 39.8 Å². The van der Waals surface area contributed by atoms with Crippen LogP contribution in [0, 0.1) is 98.6 Å². The van der Waals surface area contributed by atoms with Crippen LogP contribution in [-0.2, 0) is 79.6 Å². The van der Waals surface area contributed by atoms with E-state index in [-0.39, 0.29) is 60.3 Å². The summed E-state index contributed by atoms with van der Waals surface area (Å²) in [6.07, 6.45) is 36.0. The van der Waals surface area contributed by atoms with Crippen LogP contribution in [0.5, 0.6) is 0 Å². The molecule has 6 fully saturated rings. The molecule has 4 bridgehead atoms. The van der Waals surface area contributed by atoms with Crippen molar-refractivity contribution in [3.63, 3.8) is 0 Å². The molecule has 6 aromatic heterocycles. The first-order chi connectivity index (χ1) is 53.7. The van der Waals surface area contributed by atoms with Crippen molar-refractivity contribution in [3.8, 4) is 67.5 Å². The third-order valence-electron chi connectivity index (χ3n) is 23.4. The van der Waals surface area contributed by atoms with Crippen molar-refractivity contribution in [2.24, 2.45) is 41.4 Å². The number of hydrogen-bond donors (Lipinski definition) is 0. The second-order valence-electron chi connectivity index (χ2n) is 34.9. The van der Waals surface area contributed by atoms with Gasteiger partial charge in [-0.3, -0.25) is 0 Å². The van der Waals surface area contributed by atoms with Crippen molar-refractivity contribution in [3.05, 3.63) is 307 Å². The van der Waals surface area contributed by atoms with E-state index in [2.05, 4.69) is 204 Å². The van der Waals surface area contributed by atoms with Crippen LogP contribution in [0.3, 0.4) is 0 Å². The van der Waals surface area contributed by atoms with Crippen LogP contribution in [0.15, 0.2) is 237 Å². The Bertz CT molecular complexity index is 4530. The van der Waals surface area contributed by atoms with Gasteiger partial charge in [0.25, 0.3) is 0 Å². The predicted octanol–water partition coefficient (Wildman–Crippen LogP) is 24.3. The summed E-state index contributed by atoms with van der Waals surface area (Å²) in [4.78, 5) is 27.2. The van der Waals surface area contributed by atoms with E-state index in [0.29, 0.717) is 0 Å². The van der Waals surface area contributed by atoms with Crippen LogP contribution in [0.1, 0.15) is 123 Å². The van der Waals surface area contributed by atoms with Crippen LogP contribution in [-0.4, -0.2) is 54.1 Å². The summed E-state index contributed by atoms with van der Waals surface area (Å²) in [6, 6.07) is 86.5. The molecule has 0 amide bonds. The number of rotatable bonds is 15. The van der Waals surface area contributed by atoms with Crippen LogP contribution in [0.2, 0.25) is 58.9 Å². The molecule has 6 aromatic carbocycles. The molecule has 0 atom stereocenters. The van der Waals surface area contributed by atoms with Crippen molar-refractivity contribution in [2.75, 3.05) is 0 Å². The van der Waals surface area contributed by atoms with E-state index in [1.165, 1.54) is 125 Å². The van der Waals surface area contributed by atoms with Gasteiger partial charge >= 0.3 is 0 Å². The van der Waals surface area contributed by atoms with Gasteiger partial charge in [0.05, 0.1) is 24.2 Å². The zero-order valence-corrected chi connectivity index (χ0v) is 79.4. The third kappa shape index (κ3) is 25.7. The summed E-state index contributed by atoms with van der Waals surface area (Å²) >= 11 is 0. The molecule has 6 saturated carbocycles. The summed E-state index contributed by atoms with van der Waals surface area (Å²) in [7, 11) is -4.15. The molecule has 0 aliphatic heterocycles. The standard InChI is InChI=1S/C26H34NSi.C22H30NSi.C21H28NSi.3C11H8N.3Ir/c1-17-7-5-6-8-23(17)25-15-22(26(16-27-25)28(2,3)4)14-24-20-10-18-9-19(12-20)13-21(24)11-18;1-17-10-8-9-13-20(17)21-15-19(14-18-11-6-5-7-12-18)22(16-23-21)24(2,3)4;1-16-9-5-8-12-19(16)20-14-18(13-17-10-6-7-11-17)21(15-22-20)23(2,3)4;3*1-2-6-10(7-3-1)11-8-4-5-9-12-11;;;/h5-7,15-16,18-21,24H,9-14H2,1-4H3;8-10,15-16,18H,5-7,11-12,14H2,1-4H3;5,8-9,14-15,17H,6-7,10-11,13H2,1-4H3;3*1-6,8-9H;;;/q6*-1;;;. The molecule has 0 spiro atoms. The SMILES string of the molecule is Cc1ccc[c-]c1-c1cc(CC2C3CC4CC(C3)CC2C4)c([Si](C)(C)C)cn1.Cc1ccc[c-]c1-c1cc(CC2CCCC2)c([Si](C)(C)C)cn1.Cc1ccc[c-]c1-c1cc(CC2CCCCC2)c([Si](C)(C)C)cn1.[Ir].[Ir].[Ir].[c-]1ccccc1-c1ccccn1.[c-]1ccccc1-c1ccccn1.[c-]1ccccc1-c1ccccn1. The fourth-order valence-corrected chi connectivity index (χ4v) is 22.7. The number of aryl methyl sites for hydroxylation is 3. The van der Waals surface area contributed by atoms with Gasteiger partial charge in [0.1, 0.15) is 0 Å². The van der Waals surface area contributed by atoms with E-state index in [1.807, 2.05) is 146 Å². The number of hydrogen-bond acceptors (Lipinski definition) is 6. The first kappa shape index (κ1) is 90.7. The zero-order chi connectivity index (χ0) is 77.7. The Balaban J connectivity index is 0.000000161. The fraction of sp³-hybridized carbons (Fsp3) is 0.353. The normalized spacial score (nSPS) is 17.4. The summed E-state index contributed by atoms with van der Waals surface area (Å²) in [6.45, 7) is 28.5. The van der Waals surface area contributed by atoms with Gasteiger partial charge in [-0.15, -0.1) is 214 Å². The Labute approximate surface area is 728 Å². The molecule has 6 heterocycles. The van der Waals surface area contributed by atoms with Crippen LogP contribution >= 0.6 is 0 Å². The van der Waals surface area contributed by atoms with Crippen molar-refractivity contribution < 1.29 is 60.3 Å². The summed E-state index contributed by atoms with van der Waals surface area (Å²) in [5.41, 5.74) is 21.3. The van der Waals surface area contributed by atoms with Gasteiger partial charge < -0.3 is 29.9 Å². The van der Waals surface area contributed by atoms with Gasteiger partial charge in [0.2, 0.25) is 0 Å². The quantitative estimate of drug-likeness (QED) is 0.0752. The predicted molar refractivity (Wildman–Crippen MR) is 474 cm³/mol. The summed E-state index contributed by atoms with van der Waals surface area (Å²) < 4.78 is 0. The number of nitrogens with zero attached hydrogens (tertiary/aromatic N) is 6. The van der Waals surface area contributed by atoms with Gasteiger partial charge in [0, 0.05) is 97.5 Å². The molecule has 0 saturated heterocycles. The van der Waals surface area contributed by atoms with Gasteiger partial charge in [-0.05, 0) is 161 Å². The average Bonchev–Trinajstić information content (AvgIpc) is 0.780. The molecule has 0 N–H and O–H groups in total. The minimum Gasteiger partial charge on any atom is -0.305 e. The van der Waals surface area contributed by atoms with Gasteiger partial charge in [0.15, 0.2) is 0 Å². The molecule has 6 aliphatic carbocycles. The van der Waals surface area contributed by atoms with E-state index in [1.54, 1.807) is 57.3 Å². The molecule has 114 heavy (non-hydrogen) atoms. The third-order valence-corrected chi connectivity index (χ3v) is 29.6. The Morgan fingerprint density at radius 2 is 0.605 bits per heavy atom. The van der Waals surface area contributed by atoms with Crippen molar-refractivity contribution in [1.29, 1.82) is 0 Å². The molecule has 18 rings (SSSR count). The second-order valence-corrected chi connectivity index (χ2v) is 50.1. The molecule has 599 valence electrons. The number of aromatic nitrogens is 6. The first-order valence-corrected chi connectivity index (χ1v) is 51.7. The summed E-state index contributed by atoms with van der Waals surface area (Å²) in [5.74, 6) is 6.76. The minimum atomic E-state index is -1.41. The summed E-state index contributed by atoms with van der Waals surface area (Å²) in [5, 5.41) is 4.67. The molecule has 3 radical (unpaired) electrons. The fourth-order valence-electron chi connectivity index (χ4n) is 17.9. The molecule has 12 aromatic rings. The Morgan fingerprint density at radius 3 is 0.886 bits per heavy atom. The Hall–Kier alpha value is -7.18. The molecule has 12 heteroatoms. The van der Waals surface area contributed by atoms with Crippen molar-refractivity contribution in [1.82, 2.24) is 29.9 Å². The smallest absolute Gasteiger partial charge is 0.0798 e. The number of pyridine rings is 6. The maximum atomic E-state index is 4.92. The Kier molecular flexibility index (Phi) is 34.9. The largest absolute Gasteiger partial charge is 0.305 e. The topological polar surface area (TPSA) is 77.3 Å². The van der Waals surface area contributed by atoms with E-state index < -0.39 is 24.2 Å². The van der Waals surface area contributed by atoms with E-state index >= 15 is 0 Å². The van der Waals surface area contributed by atoms with Crippen LogP contribution in [0.25, 0.3) is 67.5 Å². The van der Waals surface area contributed by atoms with E-state index in [0.717, 1.165) is 103 Å². The van der Waals surface area contributed by atoms with Gasteiger partial charge in [-0.1, -0.05) is 209 Å². The van der Waals surface area contributed by atoms with Crippen molar-refractivity contribution in [2.45, 2.75) is 189 Å². The molecule has 6 aliphatic rings. The molecular formula is C102H116Ir3N6Si3-6. The first-order valence-electron chi connectivity index (χ1n) is 41.2. The van der Waals surface area contributed by atoms with Crippen LogP contribution in [0.4, 0.5) is 0 Å². The second kappa shape index (κ2) is 43.9. The van der Waals surface area contributed by atoms with E-state index in [4.69, 9.17) is 15.0 Å². The number of benzene rings is 6. The van der Waals surface area contributed by atoms with Gasteiger partial charge in [-0.25, -0.2) is 0 Å². The van der Waals surface area contributed by atoms with Crippen LogP contribution < -0.4 is 15.6 Å². The van der Waals surface area contributed by atoms with Gasteiger partial charge in [-0.2, -0.15) is 0 Å². The molecular weight excluding hydrogens is 1970 g/mol. The minimum absolute atomic E-state index is 0. The zero-order valence-electron chi connectivity index (χ0n) is 69.3. The molecule has 6 nitrogen and oxygen atoms in total.